The van der Waals surface area contributed by atoms with Crippen LogP contribution in [0, 0.1) is 24.8 Å². The molecule has 0 fully saturated rings. The average molecular weight is 784 g/mol. The van der Waals surface area contributed by atoms with Gasteiger partial charge in [0, 0.05) is 38.5 Å². The fraction of sp³-hybridized carbons (Fsp3) is 0.263. The number of benzene rings is 3. The molecule has 0 aliphatic heterocycles. The molecule has 6 heteroatoms. The zero-order valence-electron chi connectivity index (χ0n) is 31.0. The van der Waals surface area contributed by atoms with Crippen molar-refractivity contribution in [3.05, 3.63) is 114 Å². The molecule has 3 aromatic carbocycles. The molecule has 1 radical (unpaired) electrons. The minimum Gasteiger partial charge on any atom is -0.501 e. The molecule has 0 unspecified atom stereocenters. The third-order valence-electron chi connectivity index (χ3n) is 7.33. The fourth-order valence-corrected chi connectivity index (χ4v) is 6.62. The van der Waals surface area contributed by atoms with Crippen molar-refractivity contribution in [1.82, 2.24) is 9.97 Å². The van der Waals surface area contributed by atoms with Crippen LogP contribution in [0.3, 0.4) is 0 Å². The summed E-state index contributed by atoms with van der Waals surface area (Å²) < 4.78 is 58.9. The first kappa shape index (κ1) is 26.9. The number of halogens is 1. The van der Waals surface area contributed by atoms with Gasteiger partial charge in [-0.3, -0.25) is 0 Å². The van der Waals surface area contributed by atoms with E-state index in [0.717, 1.165) is 39.4 Å². The Morgan fingerprint density at radius 1 is 0.864 bits per heavy atom. The first-order chi connectivity index (χ1) is 22.2. The van der Waals surface area contributed by atoms with Crippen molar-refractivity contribution in [3.8, 4) is 22.5 Å². The molecule has 0 spiro atoms. The Labute approximate surface area is 282 Å². The van der Waals surface area contributed by atoms with Crippen LogP contribution in [0.5, 0.6) is 0 Å². The van der Waals surface area contributed by atoms with E-state index in [1.54, 1.807) is 32.0 Å². The smallest absolute Gasteiger partial charge is 0.143 e. The van der Waals surface area contributed by atoms with Crippen molar-refractivity contribution in [2.45, 2.75) is 66.0 Å². The largest absolute Gasteiger partial charge is 0.501 e. The Balaban J connectivity index is 0.000000216. The van der Waals surface area contributed by atoms with Gasteiger partial charge in [-0.15, -0.1) is 53.6 Å². The molecular weight excluding hydrogens is 740 g/mol. The van der Waals surface area contributed by atoms with Gasteiger partial charge in [-0.2, -0.15) is 0 Å². The van der Waals surface area contributed by atoms with E-state index in [4.69, 9.17) is 11.3 Å². The summed E-state index contributed by atoms with van der Waals surface area (Å²) in [6.45, 7) is 11.7. The SMILES string of the molecule is [2H]C(C)(C)c1cc(-c2[c-]ccc3c2oc2ccccc23)ncc1F.[2H]C([2H])([2H])c1c[c-]c(-c2cc(C([2H])(C)C)c([Si](C)(C)C)cn2)cc1.[Ir]. The number of pyridine rings is 2. The molecule has 0 N–H and O–H groups in total. The maximum Gasteiger partial charge on any atom is 0.143 e. The summed E-state index contributed by atoms with van der Waals surface area (Å²) in [5, 5.41) is 3.17. The average Bonchev–Trinajstić information content (AvgIpc) is 3.39. The van der Waals surface area contributed by atoms with Crippen LogP contribution in [-0.2, 0) is 20.1 Å². The predicted molar refractivity (Wildman–Crippen MR) is 180 cm³/mol. The number of nitrogens with zero attached hydrogens (tertiary/aromatic N) is 2. The Hall–Kier alpha value is -3.44. The molecule has 0 aliphatic rings. The summed E-state index contributed by atoms with van der Waals surface area (Å²) in [4.78, 5) is 8.75. The first-order valence-electron chi connectivity index (χ1n) is 16.8. The van der Waals surface area contributed by atoms with Crippen LogP contribution in [0.15, 0.2) is 83.5 Å². The molecule has 0 aliphatic carbocycles. The van der Waals surface area contributed by atoms with Crippen LogP contribution in [0.4, 0.5) is 4.39 Å². The van der Waals surface area contributed by atoms with Crippen LogP contribution in [0.1, 0.15) is 63.0 Å². The molecule has 44 heavy (non-hydrogen) atoms. The van der Waals surface area contributed by atoms with Crippen LogP contribution in [-0.4, -0.2) is 18.0 Å². The molecule has 6 aromatic rings. The number of fused-ring (bicyclic) bond motifs is 3. The number of hydrogen-bond acceptors (Lipinski definition) is 3. The van der Waals surface area contributed by atoms with E-state index >= 15 is 0 Å². The van der Waals surface area contributed by atoms with Crippen molar-refractivity contribution in [2.24, 2.45) is 0 Å². The third kappa shape index (κ3) is 7.09. The van der Waals surface area contributed by atoms with Crippen molar-refractivity contribution >= 4 is 35.2 Å². The number of aromatic nitrogens is 2. The van der Waals surface area contributed by atoms with Crippen molar-refractivity contribution < 1.29 is 35.8 Å². The van der Waals surface area contributed by atoms with Crippen molar-refractivity contribution in [1.29, 1.82) is 0 Å². The normalized spacial score (nSPS) is 14.0. The second-order valence-electron chi connectivity index (χ2n) is 12.1. The molecule has 0 bridgehead atoms. The number of hydrogen-bond donors (Lipinski definition) is 0. The van der Waals surface area contributed by atoms with Crippen LogP contribution in [0.25, 0.3) is 44.5 Å². The zero-order valence-corrected chi connectivity index (χ0v) is 29.4. The molecule has 3 heterocycles. The number of furan rings is 1. The Morgan fingerprint density at radius 3 is 2.23 bits per heavy atom. The van der Waals surface area contributed by atoms with E-state index in [0.29, 0.717) is 22.4 Å². The quantitative estimate of drug-likeness (QED) is 0.129. The molecular formula is C38H39FIrN2OSi-2. The number of aryl methyl sites for hydroxylation is 1. The van der Waals surface area contributed by atoms with Gasteiger partial charge in [-0.05, 0) is 40.0 Å². The minimum absolute atomic E-state index is 0. The summed E-state index contributed by atoms with van der Waals surface area (Å²) in [5.74, 6) is -2.24. The van der Waals surface area contributed by atoms with Gasteiger partial charge in [0.15, 0.2) is 0 Å². The minimum atomic E-state index is -2.13. The first-order valence-corrected chi connectivity index (χ1v) is 17.8. The van der Waals surface area contributed by atoms with E-state index in [1.165, 1.54) is 11.3 Å². The second kappa shape index (κ2) is 13.7. The summed E-state index contributed by atoms with van der Waals surface area (Å²) in [7, 11) is -1.61. The number of para-hydroxylation sites is 1. The Bertz CT molecular complexity index is 2090. The predicted octanol–water partition coefficient (Wildman–Crippen LogP) is 10.2. The molecule has 0 saturated heterocycles. The molecule has 3 aromatic heterocycles. The van der Waals surface area contributed by atoms with Crippen molar-refractivity contribution in [2.75, 3.05) is 0 Å². The third-order valence-corrected chi connectivity index (χ3v) is 9.34. The maximum atomic E-state index is 14.0. The zero-order chi connectivity index (χ0) is 35.2. The van der Waals surface area contributed by atoms with E-state index < -0.39 is 32.5 Å². The fourth-order valence-electron chi connectivity index (χ4n) is 5.04. The monoisotopic (exact) mass is 784 g/mol. The molecule has 229 valence electrons. The van der Waals surface area contributed by atoms with Gasteiger partial charge in [0.05, 0.1) is 19.9 Å². The van der Waals surface area contributed by atoms with Crippen LogP contribution in [0.2, 0.25) is 19.6 Å². The van der Waals surface area contributed by atoms with Gasteiger partial charge in [0.25, 0.3) is 0 Å². The summed E-state index contributed by atoms with van der Waals surface area (Å²) >= 11 is 0. The van der Waals surface area contributed by atoms with Crippen LogP contribution >= 0.6 is 0 Å². The molecule has 0 saturated carbocycles. The van der Waals surface area contributed by atoms with Gasteiger partial charge in [0.1, 0.15) is 11.4 Å². The second-order valence-corrected chi connectivity index (χ2v) is 17.1. The molecule has 6 rings (SSSR count). The van der Waals surface area contributed by atoms with Gasteiger partial charge in [-0.25, -0.2) is 4.39 Å². The summed E-state index contributed by atoms with van der Waals surface area (Å²) in [6, 6.07) is 26.1. The van der Waals surface area contributed by atoms with Gasteiger partial charge in [-0.1, -0.05) is 101 Å². The Kier molecular flexibility index (Phi) is 8.37. The van der Waals surface area contributed by atoms with E-state index in [-0.39, 0.29) is 25.7 Å². The van der Waals surface area contributed by atoms with Gasteiger partial charge in [0.2, 0.25) is 0 Å². The standard InChI is InChI=1S/C20H15FNO.C18H24NSi.Ir/c1-12(2)16-10-18(22-11-17(16)21)15-8-5-7-14-13-6-3-4-9-19(13)23-20(14)15;1-13(2)16-11-17(15-9-7-14(3)8-10-15)19-12-18(16)20(4,5)6;/h3-7,9-12H,1-2H3;7-9,11-13H,1-6H3;/q2*-1;/i12D;3D3,13D;. The van der Waals surface area contributed by atoms with E-state index in [2.05, 4.69) is 41.7 Å². The molecule has 0 amide bonds. The molecule has 3 nitrogen and oxygen atoms in total. The van der Waals surface area contributed by atoms with E-state index in [1.807, 2.05) is 62.5 Å². The summed E-state index contributed by atoms with van der Waals surface area (Å²) in [6.07, 6.45) is 3.05. The van der Waals surface area contributed by atoms with E-state index in [9.17, 15) is 4.39 Å². The summed E-state index contributed by atoms with van der Waals surface area (Å²) in [5.41, 5.74) is 5.72. The van der Waals surface area contributed by atoms with Crippen LogP contribution < -0.4 is 5.19 Å². The maximum absolute atomic E-state index is 14.0. The van der Waals surface area contributed by atoms with Gasteiger partial charge >= 0.3 is 0 Å². The van der Waals surface area contributed by atoms with Crippen molar-refractivity contribution in [3.63, 3.8) is 0 Å². The topological polar surface area (TPSA) is 38.9 Å². The van der Waals surface area contributed by atoms with Gasteiger partial charge < -0.3 is 14.4 Å². The molecule has 0 atom stereocenters. The Morgan fingerprint density at radius 2 is 1.57 bits per heavy atom. The number of rotatable bonds is 5.